The average Bonchev–Trinajstić information content (AvgIpc) is 3.11. The summed E-state index contributed by atoms with van der Waals surface area (Å²) in [6, 6.07) is 19.4. The van der Waals surface area contributed by atoms with Crippen LogP contribution in [0, 0.1) is 0 Å². The first-order valence-electron chi connectivity index (χ1n) is 9.24. The van der Waals surface area contributed by atoms with E-state index in [-0.39, 0.29) is 6.04 Å². The van der Waals surface area contributed by atoms with Crippen LogP contribution >= 0.6 is 11.6 Å². The lowest BCUT2D eigenvalue weighted by atomic mass is 10.0. The number of ether oxygens (including phenoxy) is 1. The van der Waals surface area contributed by atoms with Gasteiger partial charge in [-0.1, -0.05) is 30.3 Å². The van der Waals surface area contributed by atoms with E-state index in [2.05, 4.69) is 11.9 Å². The first-order valence-corrected chi connectivity index (χ1v) is 9.62. The molecule has 0 aromatic heterocycles. The second-order valence-corrected chi connectivity index (χ2v) is 7.32. The minimum atomic E-state index is -4.38. The highest BCUT2D eigenvalue weighted by molar-refractivity contribution is 6.30. The molecule has 1 unspecified atom stereocenters. The minimum Gasteiger partial charge on any atom is -0.457 e. The number of anilines is 1. The maximum atomic E-state index is 13.1. The van der Waals surface area contributed by atoms with Gasteiger partial charge in [0.1, 0.15) is 11.5 Å². The lowest BCUT2D eigenvalue weighted by molar-refractivity contribution is -0.137. The summed E-state index contributed by atoms with van der Waals surface area (Å²) in [6.45, 7) is 4.47. The molecule has 0 spiro atoms. The summed E-state index contributed by atoms with van der Waals surface area (Å²) in [4.78, 5) is 1.89. The largest absolute Gasteiger partial charge is 0.457 e. The quantitative estimate of drug-likeness (QED) is 0.494. The molecule has 0 amide bonds. The van der Waals surface area contributed by atoms with Crippen molar-refractivity contribution in [2.45, 2.75) is 12.2 Å². The molecule has 0 bridgehead atoms. The smallest absolute Gasteiger partial charge is 0.416 e. The minimum absolute atomic E-state index is 0.303. The van der Waals surface area contributed by atoms with Gasteiger partial charge in [-0.25, -0.2) is 0 Å². The molecule has 154 valence electrons. The van der Waals surface area contributed by atoms with Crippen molar-refractivity contribution in [1.29, 1.82) is 0 Å². The van der Waals surface area contributed by atoms with Gasteiger partial charge in [0.2, 0.25) is 0 Å². The first kappa shape index (κ1) is 20.2. The van der Waals surface area contributed by atoms with Gasteiger partial charge < -0.3 is 15.0 Å². The normalized spacial score (nSPS) is 16.5. The Labute approximate surface area is 177 Å². The fourth-order valence-electron chi connectivity index (χ4n) is 3.42. The topological polar surface area (TPSA) is 24.5 Å². The number of benzene rings is 3. The van der Waals surface area contributed by atoms with Gasteiger partial charge in [-0.3, -0.25) is 0 Å². The molecule has 0 aliphatic carbocycles. The second-order valence-electron chi connectivity index (χ2n) is 6.89. The number of rotatable bonds is 4. The van der Waals surface area contributed by atoms with E-state index >= 15 is 0 Å². The molecule has 1 atom stereocenters. The van der Waals surface area contributed by atoms with Crippen molar-refractivity contribution in [3.63, 3.8) is 0 Å². The van der Waals surface area contributed by atoms with Crippen LogP contribution in [0.15, 0.2) is 85.2 Å². The van der Waals surface area contributed by atoms with Gasteiger partial charge in [-0.05, 0) is 66.2 Å². The summed E-state index contributed by atoms with van der Waals surface area (Å²) in [7, 11) is 0. The van der Waals surface area contributed by atoms with Crippen molar-refractivity contribution in [2.24, 2.45) is 0 Å². The maximum absolute atomic E-state index is 13.1. The van der Waals surface area contributed by atoms with Gasteiger partial charge in [0.05, 0.1) is 17.4 Å². The second kappa shape index (κ2) is 7.95. The third kappa shape index (κ3) is 4.24. The van der Waals surface area contributed by atoms with E-state index in [0.29, 0.717) is 34.5 Å². The average molecular weight is 431 g/mol. The predicted molar refractivity (Wildman–Crippen MR) is 112 cm³/mol. The van der Waals surface area contributed by atoms with Crippen molar-refractivity contribution in [3.8, 4) is 11.5 Å². The number of halogens is 4. The SMILES string of the molecule is C=C1NCC(c2cccc(C(F)(F)F)c2)N1c1ccc(Oc2ccc(Cl)cc2)cc1. The Kier molecular flexibility index (Phi) is 5.35. The zero-order chi connectivity index (χ0) is 21.3. The Morgan fingerprint density at radius 3 is 2.23 bits per heavy atom. The predicted octanol–water partition coefficient (Wildman–Crippen LogP) is 6.77. The number of hydrogen-bond donors (Lipinski definition) is 1. The molecule has 0 radical (unpaired) electrons. The summed E-state index contributed by atoms with van der Waals surface area (Å²) >= 11 is 5.88. The third-order valence-corrected chi connectivity index (χ3v) is 5.12. The molecular weight excluding hydrogens is 413 g/mol. The van der Waals surface area contributed by atoms with E-state index in [0.717, 1.165) is 11.8 Å². The van der Waals surface area contributed by atoms with E-state index in [1.54, 1.807) is 42.5 Å². The summed E-state index contributed by atoms with van der Waals surface area (Å²) in [5.41, 5.74) is 0.706. The van der Waals surface area contributed by atoms with Crippen LogP contribution in [0.5, 0.6) is 11.5 Å². The Balaban J connectivity index is 1.57. The summed E-state index contributed by atoms with van der Waals surface area (Å²) in [6.07, 6.45) is -4.38. The number of nitrogens with zero attached hydrogens (tertiary/aromatic N) is 1. The molecule has 3 nitrogen and oxygen atoms in total. The molecule has 30 heavy (non-hydrogen) atoms. The van der Waals surface area contributed by atoms with Crippen LogP contribution in [0.1, 0.15) is 17.2 Å². The van der Waals surface area contributed by atoms with Crippen LogP contribution in [-0.2, 0) is 6.18 Å². The highest BCUT2D eigenvalue weighted by atomic mass is 35.5. The van der Waals surface area contributed by atoms with Gasteiger partial charge >= 0.3 is 6.18 Å². The Morgan fingerprint density at radius 2 is 1.60 bits per heavy atom. The van der Waals surface area contributed by atoms with Crippen molar-refractivity contribution >= 4 is 17.3 Å². The van der Waals surface area contributed by atoms with Crippen LogP contribution in [0.2, 0.25) is 5.02 Å². The van der Waals surface area contributed by atoms with E-state index in [1.165, 1.54) is 12.1 Å². The van der Waals surface area contributed by atoms with E-state index in [4.69, 9.17) is 16.3 Å². The Hall–Kier alpha value is -3.12. The zero-order valence-corrected chi connectivity index (χ0v) is 16.5. The summed E-state index contributed by atoms with van der Waals surface area (Å²) in [5, 5.41) is 3.76. The molecule has 1 N–H and O–H groups in total. The van der Waals surface area contributed by atoms with Crippen LogP contribution in [0.25, 0.3) is 0 Å². The van der Waals surface area contributed by atoms with Gasteiger partial charge in [-0.2, -0.15) is 13.2 Å². The third-order valence-electron chi connectivity index (χ3n) is 4.86. The van der Waals surface area contributed by atoms with Gasteiger partial charge in [0.15, 0.2) is 0 Å². The molecular formula is C23H18ClF3N2O. The highest BCUT2D eigenvalue weighted by Gasteiger charge is 2.34. The maximum Gasteiger partial charge on any atom is 0.416 e. The molecule has 0 saturated carbocycles. The van der Waals surface area contributed by atoms with E-state index in [9.17, 15) is 13.2 Å². The Morgan fingerprint density at radius 1 is 0.967 bits per heavy atom. The fourth-order valence-corrected chi connectivity index (χ4v) is 3.54. The van der Waals surface area contributed by atoms with Crippen LogP contribution in [0.3, 0.4) is 0 Å². The molecule has 4 rings (SSSR count). The number of alkyl halides is 3. The van der Waals surface area contributed by atoms with Crippen molar-refractivity contribution in [1.82, 2.24) is 5.32 Å². The molecule has 1 saturated heterocycles. The number of hydrogen-bond acceptors (Lipinski definition) is 3. The number of nitrogens with one attached hydrogen (secondary N) is 1. The molecule has 1 fully saturated rings. The van der Waals surface area contributed by atoms with Crippen molar-refractivity contribution < 1.29 is 17.9 Å². The molecule has 3 aromatic carbocycles. The molecule has 3 aromatic rings. The summed E-state index contributed by atoms with van der Waals surface area (Å²) < 4.78 is 45.2. The van der Waals surface area contributed by atoms with Gasteiger partial charge in [0.25, 0.3) is 0 Å². The van der Waals surface area contributed by atoms with Crippen LogP contribution < -0.4 is 15.0 Å². The molecule has 1 heterocycles. The molecule has 7 heteroatoms. The molecule has 1 aliphatic heterocycles. The van der Waals surface area contributed by atoms with E-state index in [1.807, 2.05) is 17.0 Å². The fraction of sp³-hybridized carbons (Fsp3) is 0.130. The van der Waals surface area contributed by atoms with Crippen LogP contribution in [0.4, 0.5) is 18.9 Å². The standard InChI is InChI=1S/C23H18ClF3N2O/c1-15-28-14-22(16-3-2-4-17(13-16)23(25,26)27)29(15)19-7-11-21(12-8-19)30-20-9-5-18(24)6-10-20/h2-13,22,28H,1,14H2. The van der Waals surface area contributed by atoms with Crippen molar-refractivity contribution in [3.05, 3.63) is 101 Å². The Bertz CT molecular complexity index is 1050. The van der Waals surface area contributed by atoms with Crippen molar-refractivity contribution in [2.75, 3.05) is 11.4 Å². The van der Waals surface area contributed by atoms with Gasteiger partial charge in [0, 0.05) is 17.3 Å². The summed E-state index contributed by atoms with van der Waals surface area (Å²) in [5.74, 6) is 1.92. The lowest BCUT2D eigenvalue weighted by Crippen LogP contribution is -2.22. The zero-order valence-electron chi connectivity index (χ0n) is 15.8. The highest BCUT2D eigenvalue weighted by Crippen LogP contribution is 2.37. The monoisotopic (exact) mass is 430 g/mol. The lowest BCUT2D eigenvalue weighted by Gasteiger charge is -2.27. The first-order chi connectivity index (χ1) is 14.3. The molecule has 1 aliphatic rings. The van der Waals surface area contributed by atoms with Crippen LogP contribution in [-0.4, -0.2) is 6.54 Å². The van der Waals surface area contributed by atoms with Gasteiger partial charge in [-0.15, -0.1) is 0 Å². The van der Waals surface area contributed by atoms with E-state index < -0.39 is 11.7 Å².